The highest BCUT2D eigenvalue weighted by atomic mass is 19.1. The van der Waals surface area contributed by atoms with Gasteiger partial charge in [-0.05, 0) is 68.4 Å². The number of rotatable bonds is 2. The van der Waals surface area contributed by atoms with E-state index in [4.69, 9.17) is 4.74 Å². The lowest BCUT2D eigenvalue weighted by Crippen LogP contribution is -2.29. The maximum atomic E-state index is 13.1. The van der Waals surface area contributed by atoms with E-state index in [0.29, 0.717) is 12.0 Å². The fraction of sp³-hybridized carbons (Fsp3) is 0.500. The molecule has 2 rings (SSSR count). The van der Waals surface area contributed by atoms with Crippen molar-refractivity contribution in [3.63, 3.8) is 0 Å². The van der Waals surface area contributed by atoms with E-state index in [9.17, 15) is 14.3 Å². The van der Waals surface area contributed by atoms with Gasteiger partial charge in [-0.1, -0.05) is 31.6 Å². The predicted molar refractivity (Wildman–Crippen MR) is 101 cm³/mol. The Kier molecular flexibility index (Phi) is 6.76. The molecule has 0 heterocycles. The highest BCUT2D eigenvalue weighted by Gasteiger charge is 2.28. The molecule has 26 heavy (non-hydrogen) atoms. The van der Waals surface area contributed by atoms with Gasteiger partial charge in [0.15, 0.2) is 0 Å². The maximum absolute atomic E-state index is 13.1. The van der Waals surface area contributed by atoms with Crippen LogP contribution >= 0.6 is 0 Å². The third kappa shape index (κ3) is 5.53. The number of carbonyl (C=O) groups is 1. The van der Waals surface area contributed by atoms with Gasteiger partial charge in [-0.3, -0.25) is 0 Å². The topological polar surface area (TPSA) is 46.5 Å². The Bertz CT molecular complexity index is 686. The summed E-state index contributed by atoms with van der Waals surface area (Å²) in [5.41, 5.74) is 2.16. The van der Waals surface area contributed by atoms with Crippen molar-refractivity contribution in [1.29, 1.82) is 0 Å². The molecule has 0 fully saturated rings. The SMILES string of the molecule is C/C1=C\CC(OC(=O)c2ccc(F)cc2)/C(C)=C/[C@@H](O)C(C)(C)CCC1. The molecule has 1 unspecified atom stereocenters. The summed E-state index contributed by atoms with van der Waals surface area (Å²) in [6, 6.07) is 5.32. The van der Waals surface area contributed by atoms with Gasteiger partial charge in [-0.2, -0.15) is 0 Å². The van der Waals surface area contributed by atoms with Crippen LogP contribution in [-0.2, 0) is 4.74 Å². The van der Waals surface area contributed by atoms with Crippen LogP contribution in [0.2, 0.25) is 0 Å². The van der Waals surface area contributed by atoms with E-state index in [0.717, 1.165) is 24.8 Å². The van der Waals surface area contributed by atoms with Gasteiger partial charge in [0, 0.05) is 6.42 Å². The van der Waals surface area contributed by atoms with Gasteiger partial charge in [0.05, 0.1) is 11.7 Å². The summed E-state index contributed by atoms with van der Waals surface area (Å²) < 4.78 is 18.7. The molecule has 0 spiro atoms. The van der Waals surface area contributed by atoms with Gasteiger partial charge in [-0.15, -0.1) is 0 Å². The Labute approximate surface area is 155 Å². The molecule has 0 amide bonds. The first-order chi connectivity index (χ1) is 12.2. The molecule has 0 bridgehead atoms. The number of esters is 1. The van der Waals surface area contributed by atoms with Crippen LogP contribution in [0.5, 0.6) is 0 Å². The van der Waals surface area contributed by atoms with Crippen LogP contribution in [0.15, 0.2) is 47.6 Å². The van der Waals surface area contributed by atoms with Crippen LogP contribution in [0.25, 0.3) is 0 Å². The van der Waals surface area contributed by atoms with Crippen molar-refractivity contribution >= 4 is 5.97 Å². The van der Waals surface area contributed by atoms with Gasteiger partial charge in [-0.25, -0.2) is 9.18 Å². The van der Waals surface area contributed by atoms with Gasteiger partial charge in [0.2, 0.25) is 0 Å². The van der Waals surface area contributed by atoms with E-state index in [-0.39, 0.29) is 5.41 Å². The van der Waals surface area contributed by atoms with Crippen molar-refractivity contribution < 1.29 is 19.0 Å². The molecule has 3 nitrogen and oxygen atoms in total. The Morgan fingerprint density at radius 1 is 1.23 bits per heavy atom. The molecule has 1 aromatic rings. The number of halogens is 1. The fourth-order valence-corrected chi connectivity index (χ4v) is 3.07. The zero-order chi connectivity index (χ0) is 19.3. The largest absolute Gasteiger partial charge is 0.454 e. The third-order valence-electron chi connectivity index (χ3n) is 5.13. The minimum atomic E-state index is -0.604. The molecule has 0 radical (unpaired) electrons. The van der Waals surface area contributed by atoms with Crippen LogP contribution in [0.4, 0.5) is 4.39 Å². The molecular weight excluding hydrogens is 331 g/mol. The standard InChI is InChI=1S/C22H29FO3/c1-15-6-5-13-22(3,4)20(24)14-16(2)19(12-7-15)26-21(25)17-8-10-18(23)11-9-17/h7-11,14,19-20,24H,5-6,12-13H2,1-4H3/b15-7+,16-14+/t19?,20-/m1/s1. The zero-order valence-electron chi connectivity index (χ0n) is 16.1. The summed E-state index contributed by atoms with van der Waals surface area (Å²) in [4.78, 5) is 12.4. The lowest BCUT2D eigenvalue weighted by Gasteiger charge is -2.29. The molecular formula is C22H29FO3. The van der Waals surface area contributed by atoms with E-state index in [1.54, 1.807) is 6.08 Å². The number of benzene rings is 1. The Balaban J connectivity index is 2.25. The average Bonchev–Trinajstić information content (AvgIpc) is 2.59. The molecule has 0 aliphatic heterocycles. The number of aliphatic hydroxyl groups excluding tert-OH is 1. The van der Waals surface area contributed by atoms with E-state index in [2.05, 4.69) is 26.8 Å². The summed E-state index contributed by atoms with van der Waals surface area (Å²) in [5, 5.41) is 10.6. The Hall–Kier alpha value is -1.94. The number of hydrogen-bond acceptors (Lipinski definition) is 3. The predicted octanol–water partition coefficient (Wildman–Crippen LogP) is 5.20. The summed E-state index contributed by atoms with van der Waals surface area (Å²) in [5.74, 6) is -0.881. The minimum absolute atomic E-state index is 0.239. The second-order valence-electron chi connectivity index (χ2n) is 7.88. The second-order valence-corrected chi connectivity index (χ2v) is 7.88. The van der Waals surface area contributed by atoms with Crippen LogP contribution in [0, 0.1) is 11.2 Å². The molecule has 1 aliphatic carbocycles. The van der Waals surface area contributed by atoms with E-state index >= 15 is 0 Å². The van der Waals surface area contributed by atoms with Crippen LogP contribution in [-0.4, -0.2) is 23.3 Å². The molecule has 1 aliphatic rings. The monoisotopic (exact) mass is 360 g/mol. The lowest BCUT2D eigenvalue weighted by atomic mass is 9.80. The summed E-state index contributed by atoms with van der Waals surface area (Å²) in [6.45, 7) is 8.07. The molecule has 1 aromatic carbocycles. The van der Waals surface area contributed by atoms with Crippen molar-refractivity contribution in [1.82, 2.24) is 0 Å². The lowest BCUT2D eigenvalue weighted by molar-refractivity contribution is 0.0368. The van der Waals surface area contributed by atoms with Crippen molar-refractivity contribution in [2.24, 2.45) is 5.41 Å². The molecule has 0 saturated heterocycles. The second kappa shape index (κ2) is 8.63. The molecule has 1 N–H and O–H groups in total. The first-order valence-electron chi connectivity index (χ1n) is 9.17. The summed E-state index contributed by atoms with van der Waals surface area (Å²) in [7, 11) is 0. The van der Waals surface area contributed by atoms with Gasteiger partial charge < -0.3 is 9.84 Å². The quantitative estimate of drug-likeness (QED) is 0.582. The minimum Gasteiger partial charge on any atom is -0.454 e. The van der Waals surface area contributed by atoms with E-state index in [1.165, 1.54) is 29.8 Å². The molecule has 0 saturated carbocycles. The number of aliphatic hydroxyl groups is 1. The normalized spacial score (nSPS) is 28.1. The van der Waals surface area contributed by atoms with Gasteiger partial charge >= 0.3 is 5.97 Å². The van der Waals surface area contributed by atoms with Crippen LogP contribution in [0.3, 0.4) is 0 Å². The highest BCUT2D eigenvalue weighted by molar-refractivity contribution is 5.89. The third-order valence-corrected chi connectivity index (χ3v) is 5.13. The molecule has 4 heteroatoms. The van der Waals surface area contributed by atoms with Crippen molar-refractivity contribution in [3.05, 3.63) is 58.9 Å². The number of hydrogen-bond donors (Lipinski definition) is 1. The van der Waals surface area contributed by atoms with Crippen molar-refractivity contribution in [3.8, 4) is 0 Å². The van der Waals surface area contributed by atoms with E-state index < -0.39 is 24.0 Å². The number of ether oxygens (including phenoxy) is 1. The maximum Gasteiger partial charge on any atom is 0.338 e. The summed E-state index contributed by atoms with van der Waals surface area (Å²) >= 11 is 0. The molecule has 142 valence electrons. The van der Waals surface area contributed by atoms with Gasteiger partial charge in [0.1, 0.15) is 11.9 Å². The van der Waals surface area contributed by atoms with Crippen LogP contribution in [0.1, 0.15) is 63.7 Å². The number of carbonyl (C=O) groups excluding carboxylic acids is 1. The molecule has 2 atom stereocenters. The van der Waals surface area contributed by atoms with E-state index in [1.807, 2.05) is 6.92 Å². The summed E-state index contributed by atoms with van der Waals surface area (Å²) in [6.07, 6.45) is 6.31. The smallest absolute Gasteiger partial charge is 0.338 e. The first-order valence-corrected chi connectivity index (χ1v) is 9.17. The zero-order valence-corrected chi connectivity index (χ0v) is 16.1. The Morgan fingerprint density at radius 3 is 2.54 bits per heavy atom. The van der Waals surface area contributed by atoms with Crippen LogP contribution < -0.4 is 0 Å². The van der Waals surface area contributed by atoms with Crippen molar-refractivity contribution in [2.45, 2.75) is 65.6 Å². The first kappa shape index (κ1) is 20.4. The van der Waals surface area contributed by atoms with Gasteiger partial charge in [0.25, 0.3) is 0 Å². The average molecular weight is 360 g/mol. The highest BCUT2D eigenvalue weighted by Crippen LogP contribution is 2.31. The fourth-order valence-electron chi connectivity index (χ4n) is 3.07. The van der Waals surface area contributed by atoms with Crippen molar-refractivity contribution in [2.75, 3.05) is 0 Å². The molecule has 0 aromatic heterocycles. The number of allylic oxidation sites excluding steroid dienone is 1. The Morgan fingerprint density at radius 2 is 1.88 bits per heavy atom.